The molecule has 0 aliphatic heterocycles. The van der Waals surface area contributed by atoms with Crippen molar-refractivity contribution in [1.82, 2.24) is 9.97 Å². The first kappa shape index (κ1) is 16.6. The number of nitrogens with zero attached hydrogens (tertiary/aromatic N) is 2. The van der Waals surface area contributed by atoms with E-state index >= 15 is 0 Å². The molecule has 1 aromatic carbocycles. The van der Waals surface area contributed by atoms with E-state index in [1.165, 1.54) is 12.1 Å². The summed E-state index contributed by atoms with van der Waals surface area (Å²) in [6.45, 7) is 6.92. The van der Waals surface area contributed by atoms with E-state index in [9.17, 15) is 9.59 Å². The summed E-state index contributed by atoms with van der Waals surface area (Å²) in [5.74, 6) is 0.531. The maximum Gasteiger partial charge on any atom is 0.514 e. The zero-order valence-electron chi connectivity index (χ0n) is 13.5. The maximum absolute atomic E-state index is 12.0. The molecule has 120 valence electrons. The average Bonchev–Trinajstić information content (AvgIpc) is 2.60. The molecule has 0 unspecified atom stereocenters. The minimum absolute atomic E-state index is 0.111. The average molecular weight is 314 g/mol. The molecule has 0 spiro atoms. The van der Waals surface area contributed by atoms with E-state index in [0.717, 1.165) is 0 Å². The van der Waals surface area contributed by atoms with E-state index in [-0.39, 0.29) is 5.75 Å². The van der Waals surface area contributed by atoms with Gasteiger partial charge in [0, 0.05) is 18.0 Å². The van der Waals surface area contributed by atoms with E-state index < -0.39 is 17.2 Å². The lowest BCUT2D eigenvalue weighted by Crippen LogP contribution is -2.26. The minimum atomic E-state index is -0.924. The highest BCUT2D eigenvalue weighted by Crippen LogP contribution is 2.20. The van der Waals surface area contributed by atoms with E-state index in [2.05, 4.69) is 9.97 Å². The van der Waals surface area contributed by atoms with Crippen LogP contribution in [0.25, 0.3) is 11.1 Å². The van der Waals surface area contributed by atoms with Crippen LogP contribution in [-0.4, -0.2) is 21.7 Å². The summed E-state index contributed by atoms with van der Waals surface area (Å²) < 4.78 is 10.1. The van der Waals surface area contributed by atoms with Crippen LogP contribution in [0, 0.1) is 6.92 Å². The monoisotopic (exact) mass is 314 g/mol. The molecule has 2 aromatic rings. The second kappa shape index (κ2) is 6.56. The predicted octanol–water partition coefficient (Wildman–Crippen LogP) is 3.13. The number of aryl methyl sites for hydroxylation is 1. The summed E-state index contributed by atoms with van der Waals surface area (Å²) >= 11 is 0. The summed E-state index contributed by atoms with van der Waals surface area (Å²) in [4.78, 5) is 32.0. The van der Waals surface area contributed by atoms with Gasteiger partial charge in [0.1, 0.15) is 11.4 Å². The molecule has 6 nitrogen and oxygen atoms in total. The Morgan fingerprint density at radius 2 is 1.74 bits per heavy atom. The van der Waals surface area contributed by atoms with Crippen LogP contribution in [0.15, 0.2) is 41.5 Å². The van der Waals surface area contributed by atoms with E-state index in [1.54, 1.807) is 52.2 Å². The van der Waals surface area contributed by atoms with Crippen molar-refractivity contribution < 1.29 is 14.3 Å². The lowest BCUT2D eigenvalue weighted by molar-refractivity contribution is 0.0204. The van der Waals surface area contributed by atoms with Gasteiger partial charge in [-0.1, -0.05) is 12.1 Å². The van der Waals surface area contributed by atoms with Crippen molar-refractivity contribution in [3.63, 3.8) is 0 Å². The summed E-state index contributed by atoms with van der Waals surface area (Å²) in [5, 5.41) is 0. The first-order chi connectivity index (χ1) is 10.7. The molecule has 1 aromatic heterocycles. The van der Waals surface area contributed by atoms with Gasteiger partial charge in [0.05, 0.1) is 0 Å². The van der Waals surface area contributed by atoms with Gasteiger partial charge in [-0.25, -0.2) is 14.8 Å². The Labute approximate surface area is 134 Å². The van der Waals surface area contributed by atoms with Crippen molar-refractivity contribution in [3.05, 3.63) is 52.7 Å². The molecular formula is C17H18N2O4. The van der Waals surface area contributed by atoms with Gasteiger partial charge in [0.15, 0.2) is 5.75 Å². The third-order valence-corrected chi connectivity index (χ3v) is 2.75. The Morgan fingerprint density at radius 3 is 2.35 bits per heavy atom. The lowest BCUT2D eigenvalue weighted by Gasteiger charge is -2.18. The number of hydrogen-bond acceptors (Lipinski definition) is 6. The summed E-state index contributed by atoms with van der Waals surface area (Å²) in [5.41, 5.74) is 0.242. The highest BCUT2D eigenvalue weighted by atomic mass is 16.7. The smallest absolute Gasteiger partial charge is 0.428 e. The number of hydrogen-bond donors (Lipinski definition) is 0. The van der Waals surface area contributed by atoms with Crippen LogP contribution in [0.5, 0.6) is 5.75 Å². The summed E-state index contributed by atoms with van der Waals surface area (Å²) in [7, 11) is 0. The van der Waals surface area contributed by atoms with E-state index in [1.807, 2.05) is 0 Å². The molecule has 0 saturated heterocycles. The predicted molar refractivity (Wildman–Crippen MR) is 85.3 cm³/mol. The van der Waals surface area contributed by atoms with Gasteiger partial charge < -0.3 is 9.47 Å². The summed E-state index contributed by atoms with van der Waals surface area (Å²) in [6, 6.07) is 6.09. The molecule has 0 N–H and O–H groups in total. The topological polar surface area (TPSA) is 78.4 Å². The van der Waals surface area contributed by atoms with Crippen molar-refractivity contribution in [2.45, 2.75) is 33.3 Å². The minimum Gasteiger partial charge on any atom is -0.428 e. The fourth-order valence-electron chi connectivity index (χ4n) is 1.74. The molecule has 1 heterocycles. The van der Waals surface area contributed by atoms with Crippen LogP contribution in [0.1, 0.15) is 26.6 Å². The van der Waals surface area contributed by atoms with E-state index in [4.69, 9.17) is 9.47 Å². The van der Waals surface area contributed by atoms with Gasteiger partial charge in [-0.15, -0.1) is 0 Å². The molecule has 0 radical (unpaired) electrons. The maximum atomic E-state index is 12.0. The molecule has 0 aliphatic carbocycles. The molecule has 23 heavy (non-hydrogen) atoms. The highest BCUT2D eigenvalue weighted by Gasteiger charge is 2.19. The Morgan fingerprint density at radius 1 is 1.09 bits per heavy atom. The van der Waals surface area contributed by atoms with Gasteiger partial charge in [0.25, 0.3) is 0 Å². The largest absolute Gasteiger partial charge is 0.514 e. The Balaban J connectivity index is 2.35. The van der Waals surface area contributed by atoms with Gasteiger partial charge >= 0.3 is 6.16 Å². The van der Waals surface area contributed by atoms with Gasteiger partial charge in [-0.3, -0.25) is 4.79 Å². The van der Waals surface area contributed by atoms with Crippen LogP contribution in [0.3, 0.4) is 0 Å². The Bertz CT molecular complexity index is 765. The standard InChI is InChI=1S/C17H18N2O4/c1-11-18-9-13(10-19-11)12-6-5-7-14(20)15(8-12)22-16(21)23-17(2,3)4/h5-10H,1-4H3. The molecule has 0 amide bonds. The van der Waals surface area contributed by atoms with Crippen molar-refractivity contribution in [3.8, 4) is 16.9 Å². The van der Waals surface area contributed by atoms with Crippen LogP contribution in [-0.2, 0) is 4.74 Å². The van der Waals surface area contributed by atoms with Crippen molar-refractivity contribution >= 4 is 6.16 Å². The molecule has 2 rings (SSSR count). The van der Waals surface area contributed by atoms with Crippen molar-refractivity contribution in [1.29, 1.82) is 0 Å². The second-order valence-corrected chi connectivity index (χ2v) is 5.94. The number of carbonyl (C=O) groups is 1. The fourth-order valence-corrected chi connectivity index (χ4v) is 1.74. The quantitative estimate of drug-likeness (QED) is 0.792. The first-order valence-corrected chi connectivity index (χ1v) is 7.09. The zero-order valence-corrected chi connectivity index (χ0v) is 13.5. The third-order valence-electron chi connectivity index (χ3n) is 2.75. The van der Waals surface area contributed by atoms with E-state index in [0.29, 0.717) is 17.0 Å². The molecule has 6 heteroatoms. The van der Waals surface area contributed by atoms with Crippen molar-refractivity contribution in [2.24, 2.45) is 0 Å². The Kier molecular flexibility index (Phi) is 4.74. The molecule has 0 aliphatic rings. The molecule has 0 atom stereocenters. The normalized spacial score (nSPS) is 11.0. The number of rotatable bonds is 2. The number of ether oxygens (including phenoxy) is 2. The summed E-state index contributed by atoms with van der Waals surface area (Å²) in [6.07, 6.45) is 2.35. The number of carbonyl (C=O) groups excluding carboxylic acids is 1. The second-order valence-electron chi connectivity index (χ2n) is 5.94. The highest BCUT2D eigenvalue weighted by molar-refractivity contribution is 5.67. The first-order valence-electron chi connectivity index (χ1n) is 7.09. The van der Waals surface area contributed by atoms with Gasteiger partial charge in [-0.2, -0.15) is 0 Å². The molecule has 0 saturated carbocycles. The van der Waals surface area contributed by atoms with Crippen molar-refractivity contribution in [2.75, 3.05) is 0 Å². The van der Waals surface area contributed by atoms with Crippen LogP contribution >= 0.6 is 0 Å². The molecule has 0 fully saturated rings. The zero-order chi connectivity index (χ0) is 17.0. The van der Waals surface area contributed by atoms with Crippen LogP contribution < -0.4 is 10.2 Å². The lowest BCUT2D eigenvalue weighted by atomic mass is 10.1. The SMILES string of the molecule is Cc1ncc(-c2cccc(=O)c(OC(=O)OC(C)(C)C)c2)cn1. The number of aromatic nitrogens is 2. The Hall–Kier alpha value is -2.76. The van der Waals surface area contributed by atoms with Gasteiger partial charge in [-0.05, 0) is 45.4 Å². The van der Waals surface area contributed by atoms with Gasteiger partial charge in [0.2, 0.25) is 5.43 Å². The fraction of sp³-hybridized carbons (Fsp3) is 0.294. The molecular weight excluding hydrogens is 296 g/mol. The van der Waals surface area contributed by atoms with Crippen LogP contribution in [0.2, 0.25) is 0 Å². The molecule has 0 bridgehead atoms. The van der Waals surface area contributed by atoms with Crippen LogP contribution in [0.4, 0.5) is 4.79 Å². The third kappa shape index (κ3) is 4.88.